The van der Waals surface area contributed by atoms with Crippen molar-refractivity contribution in [2.45, 2.75) is 32.2 Å². The Labute approximate surface area is 113 Å². The molecule has 0 fully saturated rings. The maximum absolute atomic E-state index is 11.8. The maximum Gasteiger partial charge on any atom is 0.239 e. The summed E-state index contributed by atoms with van der Waals surface area (Å²) in [5.41, 5.74) is 0. The summed E-state index contributed by atoms with van der Waals surface area (Å²) >= 11 is 1.73. The molecule has 1 aromatic heterocycles. The minimum atomic E-state index is -0.191. The number of nitrogens with zero attached hydrogens (tertiary/aromatic N) is 1. The topological polar surface area (TPSA) is 45.5 Å². The zero-order chi connectivity index (χ0) is 13.5. The van der Waals surface area contributed by atoms with Crippen LogP contribution in [0.25, 0.3) is 0 Å². The van der Waals surface area contributed by atoms with E-state index in [0.29, 0.717) is 6.54 Å². The predicted octanol–water partition coefficient (Wildman–Crippen LogP) is 2.10. The first-order chi connectivity index (χ1) is 8.58. The van der Waals surface area contributed by atoms with Gasteiger partial charge in [0.1, 0.15) is 11.5 Å². The van der Waals surface area contributed by atoms with E-state index >= 15 is 0 Å². The second-order valence-corrected chi connectivity index (χ2v) is 5.12. The van der Waals surface area contributed by atoms with Gasteiger partial charge in [0, 0.05) is 13.6 Å². The molecule has 0 radical (unpaired) electrons. The molecule has 1 unspecified atom stereocenters. The Hall–Kier alpha value is -0.940. The van der Waals surface area contributed by atoms with Crippen LogP contribution in [0.3, 0.4) is 0 Å². The average molecular weight is 270 g/mol. The van der Waals surface area contributed by atoms with Crippen LogP contribution in [0.2, 0.25) is 0 Å². The lowest BCUT2D eigenvalue weighted by Gasteiger charge is -2.20. The van der Waals surface area contributed by atoms with E-state index in [9.17, 15) is 4.79 Å². The molecule has 1 atom stereocenters. The summed E-state index contributed by atoms with van der Waals surface area (Å²) in [5.74, 6) is 2.84. The first-order valence-electron chi connectivity index (χ1n) is 6.13. The molecule has 4 nitrogen and oxygen atoms in total. The van der Waals surface area contributed by atoms with Gasteiger partial charge >= 0.3 is 0 Å². The van der Waals surface area contributed by atoms with Crippen LogP contribution >= 0.6 is 11.8 Å². The highest BCUT2D eigenvalue weighted by Gasteiger charge is 2.15. The van der Waals surface area contributed by atoms with Gasteiger partial charge in [-0.15, -0.1) is 0 Å². The number of hydrogen-bond acceptors (Lipinski definition) is 4. The number of furan rings is 1. The second-order valence-electron chi connectivity index (χ2n) is 4.26. The SMILES string of the molecule is CCN(C)C(=O)C(C)NCc1ccc(CSC)o1. The van der Waals surface area contributed by atoms with E-state index < -0.39 is 0 Å². The number of amides is 1. The summed E-state index contributed by atoms with van der Waals surface area (Å²) in [6.07, 6.45) is 2.04. The molecule has 1 N–H and O–H groups in total. The monoisotopic (exact) mass is 270 g/mol. The van der Waals surface area contributed by atoms with E-state index in [-0.39, 0.29) is 11.9 Å². The summed E-state index contributed by atoms with van der Waals surface area (Å²) in [4.78, 5) is 13.5. The second kappa shape index (κ2) is 7.48. The van der Waals surface area contributed by atoms with Crippen LogP contribution < -0.4 is 5.32 Å². The van der Waals surface area contributed by atoms with Gasteiger partial charge in [-0.25, -0.2) is 0 Å². The lowest BCUT2D eigenvalue weighted by molar-refractivity contribution is -0.131. The Morgan fingerprint density at radius 1 is 1.50 bits per heavy atom. The van der Waals surface area contributed by atoms with Crippen LogP contribution in [0, 0.1) is 0 Å². The van der Waals surface area contributed by atoms with Gasteiger partial charge in [-0.1, -0.05) is 0 Å². The van der Waals surface area contributed by atoms with Crippen molar-refractivity contribution < 1.29 is 9.21 Å². The quantitative estimate of drug-likeness (QED) is 0.824. The zero-order valence-corrected chi connectivity index (χ0v) is 12.3. The molecule has 0 bridgehead atoms. The molecule has 1 aromatic rings. The fourth-order valence-corrected chi connectivity index (χ4v) is 2.00. The molecule has 0 spiro atoms. The molecular formula is C13H22N2O2S. The number of carbonyl (C=O) groups is 1. The largest absolute Gasteiger partial charge is 0.464 e. The molecule has 0 saturated heterocycles. The Morgan fingerprint density at radius 2 is 2.17 bits per heavy atom. The lowest BCUT2D eigenvalue weighted by atomic mass is 10.3. The summed E-state index contributed by atoms with van der Waals surface area (Å²) in [7, 11) is 1.81. The van der Waals surface area contributed by atoms with Gasteiger partial charge < -0.3 is 9.32 Å². The fourth-order valence-electron chi connectivity index (χ4n) is 1.56. The van der Waals surface area contributed by atoms with Crippen molar-refractivity contribution in [1.29, 1.82) is 0 Å². The van der Waals surface area contributed by atoms with E-state index in [1.807, 2.05) is 39.3 Å². The molecule has 5 heteroatoms. The number of thioether (sulfide) groups is 1. The van der Waals surface area contributed by atoms with Crippen LogP contribution in [0.4, 0.5) is 0 Å². The molecule has 1 heterocycles. The van der Waals surface area contributed by atoms with E-state index in [0.717, 1.165) is 23.8 Å². The van der Waals surface area contributed by atoms with Crippen LogP contribution in [0.5, 0.6) is 0 Å². The standard InChI is InChI=1S/C13H22N2O2S/c1-5-15(3)13(16)10(2)14-8-11-6-7-12(17-11)9-18-4/h6-7,10,14H,5,8-9H2,1-4H3. The predicted molar refractivity (Wildman–Crippen MR) is 75.5 cm³/mol. The first-order valence-corrected chi connectivity index (χ1v) is 7.52. The maximum atomic E-state index is 11.8. The number of carbonyl (C=O) groups excluding carboxylic acids is 1. The van der Waals surface area contributed by atoms with Crippen molar-refractivity contribution in [3.05, 3.63) is 23.7 Å². The summed E-state index contributed by atoms with van der Waals surface area (Å²) in [5, 5.41) is 3.18. The van der Waals surface area contributed by atoms with Crippen molar-refractivity contribution in [2.24, 2.45) is 0 Å². The normalized spacial score (nSPS) is 12.4. The van der Waals surface area contributed by atoms with Crippen LogP contribution in [0.1, 0.15) is 25.4 Å². The van der Waals surface area contributed by atoms with E-state index in [4.69, 9.17) is 4.42 Å². The first kappa shape index (κ1) is 15.1. The van der Waals surface area contributed by atoms with Crippen molar-refractivity contribution in [1.82, 2.24) is 10.2 Å². The number of hydrogen-bond donors (Lipinski definition) is 1. The third-order valence-electron chi connectivity index (χ3n) is 2.81. The molecule has 0 saturated carbocycles. The Balaban J connectivity index is 2.41. The molecule has 0 aliphatic carbocycles. The highest BCUT2D eigenvalue weighted by Crippen LogP contribution is 2.13. The van der Waals surface area contributed by atoms with E-state index in [1.54, 1.807) is 16.7 Å². The summed E-state index contributed by atoms with van der Waals surface area (Å²) < 4.78 is 5.63. The third kappa shape index (κ3) is 4.38. The van der Waals surface area contributed by atoms with Gasteiger partial charge in [0.25, 0.3) is 0 Å². The van der Waals surface area contributed by atoms with Crippen molar-refractivity contribution >= 4 is 17.7 Å². The Bertz CT molecular complexity index is 379. The Morgan fingerprint density at radius 3 is 2.78 bits per heavy atom. The summed E-state index contributed by atoms with van der Waals surface area (Å²) in [6, 6.07) is 3.75. The van der Waals surface area contributed by atoms with Crippen molar-refractivity contribution in [2.75, 3.05) is 19.8 Å². The molecule has 0 aliphatic rings. The van der Waals surface area contributed by atoms with E-state index in [1.165, 1.54) is 0 Å². The third-order valence-corrected chi connectivity index (χ3v) is 3.38. The fraction of sp³-hybridized carbons (Fsp3) is 0.615. The molecule has 18 heavy (non-hydrogen) atoms. The molecule has 0 aliphatic heterocycles. The van der Waals surface area contributed by atoms with E-state index in [2.05, 4.69) is 5.32 Å². The number of likely N-dealkylation sites (N-methyl/N-ethyl adjacent to an activating group) is 1. The smallest absolute Gasteiger partial charge is 0.239 e. The molecule has 102 valence electrons. The van der Waals surface area contributed by atoms with Crippen molar-refractivity contribution in [3.8, 4) is 0 Å². The zero-order valence-electron chi connectivity index (χ0n) is 11.5. The molecule has 1 rings (SSSR count). The summed E-state index contributed by atoms with van der Waals surface area (Å²) in [6.45, 7) is 5.15. The van der Waals surface area contributed by atoms with Crippen LogP contribution in [-0.2, 0) is 17.1 Å². The van der Waals surface area contributed by atoms with Crippen LogP contribution in [0.15, 0.2) is 16.5 Å². The van der Waals surface area contributed by atoms with Gasteiger partial charge in [-0.2, -0.15) is 11.8 Å². The highest BCUT2D eigenvalue weighted by molar-refractivity contribution is 7.97. The Kier molecular flexibility index (Phi) is 6.29. The average Bonchev–Trinajstić information content (AvgIpc) is 2.82. The van der Waals surface area contributed by atoms with Gasteiger partial charge in [-0.3, -0.25) is 10.1 Å². The van der Waals surface area contributed by atoms with Crippen LogP contribution in [-0.4, -0.2) is 36.7 Å². The number of nitrogens with one attached hydrogen (secondary N) is 1. The lowest BCUT2D eigenvalue weighted by Crippen LogP contribution is -2.42. The van der Waals surface area contributed by atoms with Gasteiger partial charge in [0.15, 0.2) is 0 Å². The van der Waals surface area contributed by atoms with Gasteiger partial charge in [0.2, 0.25) is 5.91 Å². The van der Waals surface area contributed by atoms with Gasteiger partial charge in [-0.05, 0) is 32.2 Å². The molecule has 0 aromatic carbocycles. The van der Waals surface area contributed by atoms with Crippen molar-refractivity contribution in [3.63, 3.8) is 0 Å². The highest BCUT2D eigenvalue weighted by atomic mass is 32.2. The molecule has 1 amide bonds. The minimum Gasteiger partial charge on any atom is -0.464 e. The van der Waals surface area contributed by atoms with Gasteiger partial charge in [0.05, 0.1) is 18.3 Å². The number of rotatable bonds is 7. The minimum absolute atomic E-state index is 0.105. The molecular weight excluding hydrogens is 248 g/mol.